The van der Waals surface area contributed by atoms with Crippen LogP contribution in [0.3, 0.4) is 0 Å². The van der Waals surface area contributed by atoms with E-state index in [1.54, 1.807) is 0 Å². The van der Waals surface area contributed by atoms with Crippen molar-refractivity contribution in [2.24, 2.45) is 0 Å². The minimum atomic E-state index is -0.418. The number of carbonyl (C=O) groups is 2. The Morgan fingerprint density at radius 1 is 0.450 bits per heavy atom. The molecule has 2 aromatic rings. The van der Waals surface area contributed by atoms with E-state index in [1.165, 1.54) is 22.3 Å². The van der Waals surface area contributed by atoms with Crippen LogP contribution in [0.15, 0.2) is 48.5 Å². The highest BCUT2D eigenvalue weighted by molar-refractivity contribution is 5.79. The van der Waals surface area contributed by atoms with Crippen molar-refractivity contribution in [1.29, 1.82) is 0 Å². The molecule has 0 bridgehead atoms. The average Bonchev–Trinajstić information content (AvgIpc) is 3.59. The lowest BCUT2D eigenvalue weighted by Gasteiger charge is -2.14. The van der Waals surface area contributed by atoms with Gasteiger partial charge in [-0.15, -0.1) is 0 Å². The Morgan fingerprint density at radius 2 is 0.833 bits per heavy atom. The van der Waals surface area contributed by atoms with Crippen molar-refractivity contribution in [3.63, 3.8) is 0 Å². The third-order valence-corrected chi connectivity index (χ3v) is 9.15. The SMILES string of the molecule is CCCCCCC(=O)OCCOCCOCCOCCOCCOCCOCCOCCOCCOCCOCCCNC(=O)OCC1c2ccccc2-c2ccccc21. The van der Waals surface area contributed by atoms with Crippen molar-refractivity contribution >= 4 is 12.1 Å². The fourth-order valence-electron chi connectivity index (χ4n) is 6.08. The maximum absolute atomic E-state index is 12.3. The van der Waals surface area contributed by atoms with Gasteiger partial charge in [0.05, 0.1) is 126 Å². The maximum Gasteiger partial charge on any atom is 0.407 e. The van der Waals surface area contributed by atoms with Gasteiger partial charge in [-0.2, -0.15) is 0 Å². The van der Waals surface area contributed by atoms with Crippen molar-refractivity contribution < 1.29 is 66.4 Å². The van der Waals surface area contributed by atoms with E-state index < -0.39 is 6.09 Å². The molecule has 0 saturated heterocycles. The lowest BCUT2D eigenvalue weighted by molar-refractivity contribution is -0.145. The molecule has 0 unspecified atom stereocenters. The molecule has 1 aliphatic carbocycles. The largest absolute Gasteiger partial charge is 0.463 e. The molecule has 60 heavy (non-hydrogen) atoms. The van der Waals surface area contributed by atoms with Gasteiger partial charge >= 0.3 is 12.1 Å². The van der Waals surface area contributed by atoms with E-state index in [0.717, 1.165) is 25.7 Å². The number of hydrogen-bond acceptors (Lipinski definition) is 14. The minimum Gasteiger partial charge on any atom is -0.463 e. The quantitative estimate of drug-likeness (QED) is 0.0652. The first kappa shape index (κ1) is 51.1. The van der Waals surface area contributed by atoms with Gasteiger partial charge in [0.2, 0.25) is 0 Å². The lowest BCUT2D eigenvalue weighted by atomic mass is 9.98. The van der Waals surface area contributed by atoms with E-state index in [0.29, 0.717) is 158 Å². The van der Waals surface area contributed by atoms with E-state index in [-0.39, 0.29) is 18.5 Å². The summed E-state index contributed by atoms with van der Waals surface area (Å²) in [6.07, 6.45) is 5.00. The zero-order valence-corrected chi connectivity index (χ0v) is 35.9. The first-order valence-electron chi connectivity index (χ1n) is 21.7. The van der Waals surface area contributed by atoms with Crippen LogP contribution in [0.2, 0.25) is 0 Å². The number of alkyl carbamates (subject to hydrolysis) is 1. The van der Waals surface area contributed by atoms with Gasteiger partial charge in [0.15, 0.2) is 0 Å². The van der Waals surface area contributed by atoms with Gasteiger partial charge in [-0.05, 0) is 35.1 Å². The summed E-state index contributed by atoms with van der Waals surface area (Å²) >= 11 is 0. The van der Waals surface area contributed by atoms with Crippen molar-refractivity contribution in [1.82, 2.24) is 5.32 Å². The van der Waals surface area contributed by atoms with Crippen molar-refractivity contribution in [3.05, 3.63) is 59.7 Å². The second kappa shape index (κ2) is 36.4. The molecule has 15 nitrogen and oxygen atoms in total. The molecule has 0 atom stereocenters. The van der Waals surface area contributed by atoms with Gasteiger partial charge in [-0.3, -0.25) is 4.79 Å². The summed E-state index contributed by atoms with van der Waals surface area (Å²) in [6, 6.07) is 16.6. The van der Waals surface area contributed by atoms with Crippen molar-refractivity contribution in [2.75, 3.05) is 152 Å². The van der Waals surface area contributed by atoms with Gasteiger partial charge in [-0.25, -0.2) is 4.79 Å². The summed E-state index contributed by atoms with van der Waals surface area (Å²) < 4.78 is 65.7. The molecule has 0 aromatic heterocycles. The normalized spacial score (nSPS) is 12.1. The molecule has 0 fully saturated rings. The molecule has 2 aromatic carbocycles. The second-order valence-electron chi connectivity index (χ2n) is 13.8. The Labute approximate surface area is 357 Å². The molecule has 0 aliphatic heterocycles. The highest BCUT2D eigenvalue weighted by Crippen LogP contribution is 2.44. The Balaban J connectivity index is 0.926. The van der Waals surface area contributed by atoms with Crippen LogP contribution in [-0.2, 0) is 61.6 Å². The zero-order chi connectivity index (χ0) is 42.4. The molecule has 0 heterocycles. The van der Waals surface area contributed by atoms with E-state index in [2.05, 4.69) is 36.5 Å². The van der Waals surface area contributed by atoms with Gasteiger partial charge in [0.1, 0.15) is 13.2 Å². The van der Waals surface area contributed by atoms with Gasteiger partial charge in [-0.1, -0.05) is 74.7 Å². The van der Waals surface area contributed by atoms with E-state index >= 15 is 0 Å². The topological polar surface area (TPSA) is 157 Å². The molecule has 3 rings (SSSR count). The van der Waals surface area contributed by atoms with Crippen LogP contribution in [0.1, 0.15) is 62.5 Å². The number of nitrogens with one attached hydrogen (secondary N) is 1. The number of benzene rings is 2. The van der Waals surface area contributed by atoms with Gasteiger partial charge in [0, 0.05) is 25.5 Å². The third-order valence-electron chi connectivity index (χ3n) is 9.15. The summed E-state index contributed by atoms with van der Waals surface area (Å²) in [6.45, 7) is 12.7. The molecular weight excluding hydrogens is 778 g/mol. The number of unbranched alkanes of at least 4 members (excludes halogenated alkanes) is 3. The number of amides is 1. The number of carbonyl (C=O) groups excluding carboxylic acids is 2. The standard InChI is InChI=1S/C45H71NO14/c1-2-3-4-5-15-44(47)59-37-36-58-35-34-57-33-32-56-31-30-55-29-28-54-27-26-53-25-24-52-23-22-51-21-20-50-19-18-49-17-10-16-46-45(48)60-38-43-41-13-8-6-11-39(41)40-12-7-9-14-42(40)43/h6-9,11-14,43H,2-5,10,15-38H2,1H3,(H,46,48). The van der Waals surface area contributed by atoms with Crippen LogP contribution in [0, 0.1) is 0 Å². The van der Waals surface area contributed by atoms with Crippen LogP contribution in [0.4, 0.5) is 4.79 Å². The second-order valence-corrected chi connectivity index (χ2v) is 13.8. The fourth-order valence-corrected chi connectivity index (χ4v) is 6.08. The molecular formula is C45H71NO14. The predicted octanol–water partition coefficient (Wildman–Crippen LogP) is 5.59. The monoisotopic (exact) mass is 849 g/mol. The van der Waals surface area contributed by atoms with Crippen LogP contribution >= 0.6 is 0 Å². The van der Waals surface area contributed by atoms with Crippen LogP contribution in [0.5, 0.6) is 0 Å². The minimum absolute atomic E-state index is 0.0462. The van der Waals surface area contributed by atoms with Crippen LogP contribution in [0.25, 0.3) is 11.1 Å². The summed E-state index contributed by atoms with van der Waals surface area (Å²) in [5.74, 6) is -0.110. The first-order chi connectivity index (χ1) is 29.7. The molecule has 340 valence electrons. The maximum atomic E-state index is 12.3. The molecule has 0 radical (unpaired) electrons. The third kappa shape index (κ3) is 24.9. The first-order valence-corrected chi connectivity index (χ1v) is 21.7. The molecule has 1 N–H and O–H groups in total. The Kier molecular flexibility index (Phi) is 31.0. The Morgan fingerprint density at radius 3 is 1.25 bits per heavy atom. The summed E-state index contributed by atoms with van der Waals surface area (Å²) in [5.41, 5.74) is 4.80. The van der Waals surface area contributed by atoms with E-state index in [1.807, 2.05) is 24.3 Å². The highest BCUT2D eigenvalue weighted by atomic mass is 16.6. The number of esters is 1. The number of rotatable bonds is 41. The molecule has 1 amide bonds. The zero-order valence-electron chi connectivity index (χ0n) is 35.9. The van der Waals surface area contributed by atoms with Crippen LogP contribution < -0.4 is 5.32 Å². The predicted molar refractivity (Wildman–Crippen MR) is 226 cm³/mol. The lowest BCUT2D eigenvalue weighted by Crippen LogP contribution is -2.27. The van der Waals surface area contributed by atoms with Gasteiger partial charge < -0.3 is 62.2 Å². The number of ether oxygens (including phenoxy) is 12. The fraction of sp³-hybridized carbons (Fsp3) is 0.689. The van der Waals surface area contributed by atoms with Crippen molar-refractivity contribution in [3.8, 4) is 11.1 Å². The summed E-state index contributed by atoms with van der Waals surface area (Å²) in [5, 5.41) is 2.81. The summed E-state index contributed by atoms with van der Waals surface area (Å²) in [4.78, 5) is 23.9. The average molecular weight is 850 g/mol. The van der Waals surface area contributed by atoms with E-state index in [4.69, 9.17) is 56.8 Å². The van der Waals surface area contributed by atoms with Crippen molar-refractivity contribution in [2.45, 2.75) is 51.4 Å². The Bertz CT molecular complexity index is 1310. The number of hydrogen-bond donors (Lipinski definition) is 1. The van der Waals surface area contributed by atoms with Crippen LogP contribution in [-0.4, -0.2) is 164 Å². The van der Waals surface area contributed by atoms with Gasteiger partial charge in [0.25, 0.3) is 0 Å². The molecule has 0 spiro atoms. The highest BCUT2D eigenvalue weighted by Gasteiger charge is 2.29. The van der Waals surface area contributed by atoms with E-state index in [9.17, 15) is 9.59 Å². The summed E-state index contributed by atoms with van der Waals surface area (Å²) in [7, 11) is 0. The Hall–Kier alpha value is -3.22. The molecule has 15 heteroatoms. The smallest absolute Gasteiger partial charge is 0.407 e. The molecule has 1 aliphatic rings. The number of fused-ring (bicyclic) bond motifs is 3. The molecule has 0 saturated carbocycles.